The summed E-state index contributed by atoms with van der Waals surface area (Å²) in [5.41, 5.74) is 0.125. The lowest BCUT2D eigenvalue weighted by atomic mass is 9.83. The molecule has 0 saturated heterocycles. The van der Waals surface area contributed by atoms with Crippen molar-refractivity contribution >= 4 is 17.7 Å². The molecule has 0 bridgehead atoms. The quantitative estimate of drug-likeness (QED) is 0.768. The lowest BCUT2D eigenvalue weighted by Crippen LogP contribution is -2.50. The van der Waals surface area contributed by atoms with E-state index >= 15 is 0 Å². The number of nitrogens with one attached hydrogen (secondary N) is 1. The van der Waals surface area contributed by atoms with Crippen LogP contribution in [0.3, 0.4) is 0 Å². The highest BCUT2D eigenvalue weighted by molar-refractivity contribution is 8.00. The molecule has 1 aliphatic rings. The van der Waals surface area contributed by atoms with E-state index in [0.717, 1.165) is 30.7 Å². The zero-order valence-corrected chi connectivity index (χ0v) is 16.3. The Morgan fingerprint density at radius 1 is 1.41 bits per heavy atom. The molecule has 0 spiro atoms. The molecule has 1 atom stereocenters. The van der Waals surface area contributed by atoms with Crippen LogP contribution < -0.4 is 10.1 Å². The highest BCUT2D eigenvalue weighted by Crippen LogP contribution is 2.30. The van der Waals surface area contributed by atoms with E-state index in [1.807, 2.05) is 35.8 Å². The maximum absolute atomic E-state index is 12.7. The van der Waals surface area contributed by atoms with E-state index < -0.39 is 10.8 Å². The Morgan fingerprint density at radius 2 is 2.19 bits per heavy atom. The summed E-state index contributed by atoms with van der Waals surface area (Å²) < 4.78 is 7.08. The van der Waals surface area contributed by atoms with Crippen LogP contribution in [0.4, 0.5) is 0 Å². The van der Waals surface area contributed by atoms with Crippen LogP contribution in [0.2, 0.25) is 0 Å². The van der Waals surface area contributed by atoms with Crippen molar-refractivity contribution < 1.29 is 9.53 Å². The molecule has 3 rings (SSSR count). The second-order valence-electron chi connectivity index (χ2n) is 6.69. The van der Waals surface area contributed by atoms with Crippen LogP contribution in [0.1, 0.15) is 39.0 Å². The van der Waals surface area contributed by atoms with Crippen molar-refractivity contribution in [3.8, 4) is 17.5 Å². The molecule has 0 unspecified atom stereocenters. The number of carbonyl (C=O) groups is 1. The maximum Gasteiger partial charge on any atom is 0.234 e. The van der Waals surface area contributed by atoms with E-state index in [9.17, 15) is 10.1 Å². The molecule has 1 aliphatic carbocycles. The number of aromatic nitrogens is 3. The molecule has 142 valence electrons. The van der Waals surface area contributed by atoms with E-state index in [0.29, 0.717) is 18.0 Å². The zero-order chi connectivity index (χ0) is 19.3. The van der Waals surface area contributed by atoms with Crippen molar-refractivity contribution in [2.24, 2.45) is 0 Å². The lowest BCUT2D eigenvalue weighted by molar-refractivity contribution is -0.121. The third-order valence-electron chi connectivity index (χ3n) is 4.78. The third kappa shape index (κ3) is 4.42. The molecule has 2 aromatic rings. The Hall–Kier alpha value is -2.53. The zero-order valence-electron chi connectivity index (χ0n) is 15.5. The SMILES string of the molecule is COc1cccc(-n2cnnc2S[C@@H](C)C(=O)NC2(C#N)CCCCC2)c1. The van der Waals surface area contributed by atoms with Gasteiger partial charge in [-0.05, 0) is 31.9 Å². The Morgan fingerprint density at radius 3 is 2.89 bits per heavy atom. The molecule has 1 aromatic carbocycles. The Bertz CT molecular complexity index is 839. The second kappa shape index (κ2) is 8.44. The number of ether oxygens (including phenoxy) is 1. The summed E-state index contributed by atoms with van der Waals surface area (Å²) in [4.78, 5) is 12.7. The van der Waals surface area contributed by atoms with Crippen molar-refractivity contribution in [1.29, 1.82) is 5.26 Å². The van der Waals surface area contributed by atoms with Crippen molar-refractivity contribution in [3.05, 3.63) is 30.6 Å². The van der Waals surface area contributed by atoms with Crippen molar-refractivity contribution in [2.45, 2.75) is 55.0 Å². The molecule has 1 saturated carbocycles. The normalized spacial score (nSPS) is 16.9. The van der Waals surface area contributed by atoms with Gasteiger partial charge in [0.15, 0.2) is 5.16 Å². The van der Waals surface area contributed by atoms with Gasteiger partial charge in [0, 0.05) is 6.07 Å². The molecule has 1 N–H and O–H groups in total. The van der Waals surface area contributed by atoms with Crippen molar-refractivity contribution in [2.75, 3.05) is 7.11 Å². The minimum Gasteiger partial charge on any atom is -0.497 e. The van der Waals surface area contributed by atoms with Gasteiger partial charge in [-0.25, -0.2) is 0 Å². The highest BCUT2D eigenvalue weighted by atomic mass is 32.2. The Kier molecular flexibility index (Phi) is 6.01. The van der Waals surface area contributed by atoms with Crippen molar-refractivity contribution in [3.63, 3.8) is 0 Å². The number of hydrogen-bond donors (Lipinski definition) is 1. The van der Waals surface area contributed by atoms with E-state index in [1.165, 1.54) is 11.8 Å². The minimum absolute atomic E-state index is 0.149. The molecule has 1 amide bonds. The van der Waals surface area contributed by atoms with Crippen LogP contribution in [0.15, 0.2) is 35.7 Å². The number of carbonyl (C=O) groups excluding carboxylic acids is 1. The predicted octanol–water partition coefficient (Wildman–Crippen LogP) is 3.10. The molecule has 7 nitrogen and oxygen atoms in total. The molecule has 1 fully saturated rings. The van der Waals surface area contributed by atoms with Gasteiger partial charge in [-0.1, -0.05) is 37.1 Å². The first-order valence-electron chi connectivity index (χ1n) is 9.01. The molecule has 8 heteroatoms. The monoisotopic (exact) mass is 385 g/mol. The van der Waals surface area contributed by atoms with Crippen LogP contribution in [-0.4, -0.2) is 38.6 Å². The summed E-state index contributed by atoms with van der Waals surface area (Å²) in [6.07, 6.45) is 6.10. The van der Waals surface area contributed by atoms with Gasteiger partial charge in [-0.3, -0.25) is 9.36 Å². The molecule has 0 radical (unpaired) electrons. The summed E-state index contributed by atoms with van der Waals surface area (Å²) >= 11 is 1.32. The number of nitrogens with zero attached hydrogens (tertiary/aromatic N) is 4. The smallest absolute Gasteiger partial charge is 0.234 e. The molecular formula is C19H23N5O2S. The minimum atomic E-state index is -0.732. The number of benzene rings is 1. The van der Waals surface area contributed by atoms with Gasteiger partial charge in [-0.15, -0.1) is 10.2 Å². The largest absolute Gasteiger partial charge is 0.497 e. The van der Waals surface area contributed by atoms with Gasteiger partial charge in [0.25, 0.3) is 0 Å². The molecular weight excluding hydrogens is 362 g/mol. The average Bonchev–Trinajstić information content (AvgIpc) is 3.16. The van der Waals surface area contributed by atoms with Crippen LogP contribution in [0.5, 0.6) is 5.75 Å². The summed E-state index contributed by atoms with van der Waals surface area (Å²) in [5.74, 6) is 0.583. The van der Waals surface area contributed by atoms with Crippen LogP contribution in [0.25, 0.3) is 5.69 Å². The predicted molar refractivity (Wildman–Crippen MR) is 103 cm³/mol. The fraction of sp³-hybridized carbons (Fsp3) is 0.474. The summed E-state index contributed by atoms with van der Waals surface area (Å²) in [6.45, 7) is 1.82. The highest BCUT2D eigenvalue weighted by Gasteiger charge is 2.35. The first-order chi connectivity index (χ1) is 13.1. The molecule has 27 heavy (non-hydrogen) atoms. The number of rotatable bonds is 6. The van der Waals surface area contributed by atoms with E-state index in [4.69, 9.17) is 4.74 Å². The second-order valence-corrected chi connectivity index (χ2v) is 8.00. The number of thioether (sulfide) groups is 1. The number of hydrogen-bond acceptors (Lipinski definition) is 6. The number of amides is 1. The van der Waals surface area contributed by atoms with E-state index in [-0.39, 0.29) is 5.91 Å². The lowest BCUT2D eigenvalue weighted by Gasteiger charge is -2.32. The fourth-order valence-corrected chi connectivity index (χ4v) is 4.05. The summed E-state index contributed by atoms with van der Waals surface area (Å²) in [7, 11) is 1.61. The van der Waals surface area contributed by atoms with Crippen LogP contribution >= 0.6 is 11.8 Å². The average molecular weight is 385 g/mol. The van der Waals surface area contributed by atoms with Gasteiger partial charge < -0.3 is 10.1 Å². The van der Waals surface area contributed by atoms with E-state index in [2.05, 4.69) is 21.6 Å². The van der Waals surface area contributed by atoms with Crippen LogP contribution in [0, 0.1) is 11.3 Å². The number of methoxy groups -OCH3 is 1. The summed E-state index contributed by atoms with van der Waals surface area (Å²) in [6, 6.07) is 9.88. The molecule has 1 heterocycles. The van der Waals surface area contributed by atoms with Crippen LogP contribution in [-0.2, 0) is 4.79 Å². The topological polar surface area (TPSA) is 92.8 Å². The maximum atomic E-state index is 12.7. The Balaban J connectivity index is 1.71. The van der Waals surface area contributed by atoms with Gasteiger partial charge in [0.05, 0.1) is 24.1 Å². The molecule has 0 aliphatic heterocycles. The Labute approximate surface area is 163 Å². The standard InChI is InChI=1S/C19H23N5O2S/c1-14(17(25)22-19(12-20)9-4-3-5-10-19)27-18-23-21-13-24(18)15-7-6-8-16(11-15)26-2/h6-8,11,13-14H,3-5,9-10H2,1-2H3,(H,22,25)/t14-/m0/s1. The van der Waals surface area contributed by atoms with Gasteiger partial charge >= 0.3 is 0 Å². The van der Waals surface area contributed by atoms with Crippen molar-refractivity contribution in [1.82, 2.24) is 20.1 Å². The summed E-state index contributed by atoms with van der Waals surface area (Å²) in [5, 5.41) is 20.9. The first-order valence-corrected chi connectivity index (χ1v) is 9.89. The van der Waals surface area contributed by atoms with Gasteiger partial charge in [-0.2, -0.15) is 5.26 Å². The first kappa shape index (κ1) is 19.2. The molecule has 1 aromatic heterocycles. The fourth-order valence-electron chi connectivity index (χ4n) is 3.21. The van der Waals surface area contributed by atoms with E-state index in [1.54, 1.807) is 13.4 Å². The van der Waals surface area contributed by atoms with Gasteiger partial charge in [0.1, 0.15) is 17.6 Å². The number of nitriles is 1. The third-order valence-corrected chi connectivity index (χ3v) is 5.84. The van der Waals surface area contributed by atoms with Gasteiger partial charge in [0.2, 0.25) is 5.91 Å².